The highest BCUT2D eigenvalue weighted by Crippen LogP contribution is 2.14. The molecule has 1 N–H and O–H groups in total. The second-order valence-corrected chi connectivity index (χ2v) is 3.62. The van der Waals surface area contributed by atoms with Crippen molar-refractivity contribution in [3.05, 3.63) is 42.4 Å². The molecule has 0 aliphatic rings. The largest absolute Gasteiger partial charge is 0.497 e. The summed E-state index contributed by atoms with van der Waals surface area (Å²) in [5.41, 5.74) is 1.23. The van der Waals surface area contributed by atoms with Crippen molar-refractivity contribution in [2.24, 2.45) is 7.05 Å². The SMILES string of the molecule is COc1ccnc(NCc2ccn(C)c2)c1. The molecular formula is C12H15N3O. The van der Waals surface area contributed by atoms with Gasteiger partial charge in [-0.3, -0.25) is 0 Å². The highest BCUT2D eigenvalue weighted by Gasteiger charge is 1.98. The topological polar surface area (TPSA) is 39.1 Å². The number of nitrogens with one attached hydrogen (secondary N) is 1. The molecule has 2 heterocycles. The lowest BCUT2D eigenvalue weighted by Gasteiger charge is -2.05. The number of aromatic nitrogens is 2. The molecule has 2 aromatic rings. The molecule has 84 valence electrons. The van der Waals surface area contributed by atoms with E-state index in [0.29, 0.717) is 0 Å². The van der Waals surface area contributed by atoms with E-state index in [2.05, 4.69) is 22.6 Å². The number of ether oxygens (including phenoxy) is 1. The summed E-state index contributed by atoms with van der Waals surface area (Å²) in [7, 11) is 3.66. The van der Waals surface area contributed by atoms with Gasteiger partial charge in [0.15, 0.2) is 0 Å². The summed E-state index contributed by atoms with van der Waals surface area (Å²) in [6.07, 6.45) is 5.83. The molecule has 0 bridgehead atoms. The number of rotatable bonds is 4. The number of hydrogen-bond donors (Lipinski definition) is 1. The van der Waals surface area contributed by atoms with E-state index >= 15 is 0 Å². The maximum Gasteiger partial charge on any atom is 0.129 e. The van der Waals surface area contributed by atoms with Crippen molar-refractivity contribution >= 4 is 5.82 Å². The number of aryl methyl sites for hydroxylation is 1. The van der Waals surface area contributed by atoms with Crippen molar-refractivity contribution in [3.8, 4) is 5.75 Å². The molecule has 4 nitrogen and oxygen atoms in total. The van der Waals surface area contributed by atoms with Crippen molar-refractivity contribution in [1.29, 1.82) is 0 Å². The summed E-state index contributed by atoms with van der Waals surface area (Å²) >= 11 is 0. The average molecular weight is 217 g/mol. The Morgan fingerprint density at radius 3 is 3.00 bits per heavy atom. The van der Waals surface area contributed by atoms with Crippen LogP contribution in [0.4, 0.5) is 5.82 Å². The Kier molecular flexibility index (Phi) is 3.10. The fraction of sp³-hybridized carbons (Fsp3) is 0.250. The predicted octanol–water partition coefficient (Wildman–Crippen LogP) is 2.04. The van der Waals surface area contributed by atoms with Gasteiger partial charge in [0, 0.05) is 38.2 Å². The molecule has 0 atom stereocenters. The highest BCUT2D eigenvalue weighted by atomic mass is 16.5. The first-order chi connectivity index (χ1) is 7.78. The van der Waals surface area contributed by atoms with Gasteiger partial charge in [-0.2, -0.15) is 0 Å². The van der Waals surface area contributed by atoms with E-state index in [0.717, 1.165) is 18.1 Å². The monoisotopic (exact) mass is 217 g/mol. The Labute approximate surface area is 94.9 Å². The molecule has 0 spiro atoms. The first-order valence-electron chi connectivity index (χ1n) is 5.12. The molecule has 0 radical (unpaired) electrons. The lowest BCUT2D eigenvalue weighted by Crippen LogP contribution is -2.00. The van der Waals surface area contributed by atoms with Crippen LogP contribution >= 0.6 is 0 Å². The third-order valence-corrected chi connectivity index (χ3v) is 2.33. The smallest absolute Gasteiger partial charge is 0.129 e. The van der Waals surface area contributed by atoms with Crippen molar-refractivity contribution in [2.45, 2.75) is 6.54 Å². The number of methoxy groups -OCH3 is 1. The van der Waals surface area contributed by atoms with Crippen LogP contribution in [0.5, 0.6) is 5.75 Å². The fourth-order valence-corrected chi connectivity index (χ4v) is 1.49. The molecule has 0 aliphatic carbocycles. The molecule has 0 saturated carbocycles. The zero-order chi connectivity index (χ0) is 11.4. The van der Waals surface area contributed by atoms with Crippen LogP contribution in [0.2, 0.25) is 0 Å². The molecule has 0 aromatic carbocycles. The van der Waals surface area contributed by atoms with Crippen LogP contribution in [-0.2, 0) is 13.6 Å². The number of anilines is 1. The zero-order valence-electron chi connectivity index (χ0n) is 9.47. The summed E-state index contributed by atoms with van der Waals surface area (Å²) in [5.74, 6) is 1.63. The van der Waals surface area contributed by atoms with Crippen molar-refractivity contribution < 1.29 is 4.74 Å². The van der Waals surface area contributed by atoms with E-state index in [-0.39, 0.29) is 0 Å². The molecule has 16 heavy (non-hydrogen) atoms. The standard InChI is InChI=1S/C12H15N3O/c1-15-6-4-10(9-15)8-14-12-7-11(16-2)3-5-13-12/h3-7,9H,8H2,1-2H3,(H,13,14). The summed E-state index contributed by atoms with van der Waals surface area (Å²) in [6, 6.07) is 5.78. The minimum Gasteiger partial charge on any atom is -0.497 e. The van der Waals surface area contributed by atoms with Crippen LogP contribution in [0.3, 0.4) is 0 Å². The van der Waals surface area contributed by atoms with Crippen LogP contribution in [0, 0.1) is 0 Å². The van der Waals surface area contributed by atoms with Gasteiger partial charge in [0.05, 0.1) is 7.11 Å². The Morgan fingerprint density at radius 1 is 1.44 bits per heavy atom. The van der Waals surface area contributed by atoms with E-state index in [4.69, 9.17) is 4.74 Å². The number of nitrogens with zero attached hydrogens (tertiary/aromatic N) is 2. The first kappa shape index (κ1) is 10.5. The van der Waals surface area contributed by atoms with Crippen molar-refractivity contribution in [1.82, 2.24) is 9.55 Å². The molecule has 0 fully saturated rings. The maximum atomic E-state index is 5.13. The summed E-state index contributed by atoms with van der Waals surface area (Å²) in [4.78, 5) is 4.21. The van der Waals surface area contributed by atoms with Crippen LogP contribution < -0.4 is 10.1 Å². The Balaban J connectivity index is 1.99. The van der Waals surface area contributed by atoms with E-state index < -0.39 is 0 Å². The molecule has 0 amide bonds. The quantitative estimate of drug-likeness (QED) is 0.851. The van der Waals surface area contributed by atoms with E-state index in [1.54, 1.807) is 13.3 Å². The molecule has 0 unspecified atom stereocenters. The van der Waals surface area contributed by atoms with Gasteiger partial charge in [-0.15, -0.1) is 0 Å². The van der Waals surface area contributed by atoms with Crippen molar-refractivity contribution in [3.63, 3.8) is 0 Å². The third-order valence-electron chi connectivity index (χ3n) is 2.33. The molecule has 2 rings (SSSR count). The van der Waals surface area contributed by atoms with Crippen LogP contribution in [0.25, 0.3) is 0 Å². The van der Waals surface area contributed by atoms with Crippen molar-refractivity contribution in [2.75, 3.05) is 12.4 Å². The van der Waals surface area contributed by atoms with Crippen LogP contribution in [-0.4, -0.2) is 16.7 Å². The van der Waals surface area contributed by atoms with E-state index in [9.17, 15) is 0 Å². The fourth-order valence-electron chi connectivity index (χ4n) is 1.49. The van der Waals surface area contributed by atoms with E-state index in [1.807, 2.05) is 29.9 Å². The lowest BCUT2D eigenvalue weighted by atomic mass is 10.3. The average Bonchev–Trinajstić information content (AvgIpc) is 2.73. The van der Waals surface area contributed by atoms with Gasteiger partial charge in [-0.05, 0) is 17.7 Å². The van der Waals surface area contributed by atoms with E-state index in [1.165, 1.54) is 5.56 Å². The number of hydrogen-bond acceptors (Lipinski definition) is 3. The van der Waals surface area contributed by atoms with Gasteiger partial charge in [-0.25, -0.2) is 4.98 Å². The summed E-state index contributed by atoms with van der Waals surface area (Å²) < 4.78 is 7.15. The predicted molar refractivity (Wildman–Crippen MR) is 63.5 cm³/mol. The first-order valence-corrected chi connectivity index (χ1v) is 5.12. The third kappa shape index (κ3) is 2.53. The van der Waals surface area contributed by atoms with Gasteiger partial charge >= 0.3 is 0 Å². The van der Waals surface area contributed by atoms with Crippen LogP contribution in [0.15, 0.2) is 36.8 Å². The molecule has 0 aliphatic heterocycles. The minimum atomic E-state index is 0.765. The zero-order valence-corrected chi connectivity index (χ0v) is 9.47. The highest BCUT2D eigenvalue weighted by molar-refractivity contribution is 5.41. The molecule has 4 heteroatoms. The molecule has 0 saturated heterocycles. The van der Waals surface area contributed by atoms with Gasteiger partial charge in [0.25, 0.3) is 0 Å². The number of pyridine rings is 1. The summed E-state index contributed by atoms with van der Waals surface area (Å²) in [5, 5.41) is 3.24. The van der Waals surface area contributed by atoms with Gasteiger partial charge in [0.2, 0.25) is 0 Å². The van der Waals surface area contributed by atoms with Gasteiger partial charge < -0.3 is 14.6 Å². The maximum absolute atomic E-state index is 5.13. The normalized spacial score (nSPS) is 10.1. The van der Waals surface area contributed by atoms with Crippen LogP contribution in [0.1, 0.15) is 5.56 Å². The Bertz CT molecular complexity index is 465. The van der Waals surface area contributed by atoms with Gasteiger partial charge in [-0.1, -0.05) is 0 Å². The second-order valence-electron chi connectivity index (χ2n) is 3.62. The van der Waals surface area contributed by atoms with Gasteiger partial charge in [0.1, 0.15) is 11.6 Å². The Hall–Kier alpha value is -1.97. The Morgan fingerprint density at radius 2 is 2.31 bits per heavy atom. The lowest BCUT2D eigenvalue weighted by molar-refractivity contribution is 0.414. The minimum absolute atomic E-state index is 0.765. The molecule has 2 aromatic heterocycles. The second kappa shape index (κ2) is 4.70. The summed E-state index contributed by atoms with van der Waals surface area (Å²) in [6.45, 7) is 0.765. The molecular weight excluding hydrogens is 202 g/mol.